The van der Waals surface area contributed by atoms with Crippen molar-refractivity contribution in [3.05, 3.63) is 93.5 Å². The molecule has 0 heterocycles. The summed E-state index contributed by atoms with van der Waals surface area (Å²) in [4.78, 5) is 12.6. The van der Waals surface area contributed by atoms with Crippen LogP contribution in [0.1, 0.15) is 27.0 Å². The topological polar surface area (TPSA) is 44.8 Å². The van der Waals surface area contributed by atoms with E-state index < -0.39 is 0 Å². The first-order valence-corrected chi connectivity index (χ1v) is 10.2. The van der Waals surface area contributed by atoms with Gasteiger partial charge in [0.1, 0.15) is 5.75 Å². The summed E-state index contributed by atoms with van der Waals surface area (Å²) in [7, 11) is 4.77. The highest BCUT2D eigenvalue weighted by Gasteiger charge is 2.09. The van der Waals surface area contributed by atoms with E-state index in [0.717, 1.165) is 21.3 Å². The molecule has 0 amide bonds. The molecular formula is C26H21BrO4. The molecule has 31 heavy (non-hydrogen) atoms. The zero-order valence-corrected chi connectivity index (χ0v) is 19.0. The van der Waals surface area contributed by atoms with Crippen molar-refractivity contribution in [1.29, 1.82) is 0 Å². The third-order valence-corrected chi connectivity index (χ3v) is 5.06. The fraction of sp³-hybridized carbons (Fsp3) is 0.115. The zero-order chi connectivity index (χ0) is 22.2. The van der Waals surface area contributed by atoms with E-state index in [9.17, 15) is 4.79 Å². The molecule has 3 aromatic carbocycles. The highest BCUT2D eigenvalue weighted by molar-refractivity contribution is 9.10. The SMILES string of the molecule is COc1ccc(C#Cc2cc(OC)c(OC)cc2/C=C/C(=O)c2ccc(Br)cc2)cc1. The fourth-order valence-corrected chi connectivity index (χ4v) is 3.09. The van der Waals surface area contributed by atoms with Gasteiger partial charge in [0, 0.05) is 27.2 Å². The first kappa shape index (κ1) is 22.2. The average Bonchev–Trinajstić information content (AvgIpc) is 2.81. The van der Waals surface area contributed by atoms with Crippen molar-refractivity contribution in [1.82, 2.24) is 0 Å². The van der Waals surface area contributed by atoms with Crippen molar-refractivity contribution in [3.63, 3.8) is 0 Å². The normalized spacial score (nSPS) is 10.3. The molecule has 0 radical (unpaired) electrons. The molecule has 3 rings (SSSR count). The second-order valence-electron chi connectivity index (χ2n) is 6.48. The van der Waals surface area contributed by atoms with Crippen LogP contribution in [0.4, 0.5) is 0 Å². The van der Waals surface area contributed by atoms with Gasteiger partial charge >= 0.3 is 0 Å². The second-order valence-corrected chi connectivity index (χ2v) is 7.39. The maximum atomic E-state index is 12.6. The molecular weight excluding hydrogens is 456 g/mol. The van der Waals surface area contributed by atoms with Gasteiger partial charge in [-0.05, 0) is 72.3 Å². The summed E-state index contributed by atoms with van der Waals surface area (Å²) < 4.78 is 16.9. The molecule has 0 N–H and O–H groups in total. The Labute approximate surface area is 190 Å². The molecule has 0 aliphatic rings. The largest absolute Gasteiger partial charge is 0.497 e. The van der Waals surface area contributed by atoms with Crippen molar-refractivity contribution < 1.29 is 19.0 Å². The molecule has 0 fully saturated rings. The first-order valence-electron chi connectivity index (χ1n) is 9.44. The van der Waals surface area contributed by atoms with E-state index in [1.807, 2.05) is 42.5 Å². The van der Waals surface area contributed by atoms with Crippen molar-refractivity contribution in [3.8, 4) is 29.1 Å². The van der Waals surface area contributed by atoms with Crippen LogP contribution in [0.25, 0.3) is 6.08 Å². The Morgan fingerprint density at radius 1 is 0.839 bits per heavy atom. The van der Waals surface area contributed by atoms with Crippen LogP contribution in [-0.4, -0.2) is 27.1 Å². The number of hydrogen-bond acceptors (Lipinski definition) is 4. The quantitative estimate of drug-likeness (QED) is 0.257. The molecule has 0 saturated carbocycles. The van der Waals surface area contributed by atoms with Gasteiger partial charge in [-0.25, -0.2) is 0 Å². The highest BCUT2D eigenvalue weighted by Crippen LogP contribution is 2.31. The summed E-state index contributed by atoms with van der Waals surface area (Å²) in [6, 6.07) is 18.3. The summed E-state index contributed by atoms with van der Waals surface area (Å²) in [5, 5.41) is 0. The van der Waals surface area contributed by atoms with Gasteiger partial charge in [0.05, 0.1) is 21.3 Å². The third kappa shape index (κ3) is 5.78. The Morgan fingerprint density at radius 3 is 2.10 bits per heavy atom. The van der Waals surface area contributed by atoms with Crippen LogP contribution in [0.2, 0.25) is 0 Å². The van der Waals surface area contributed by atoms with Gasteiger partial charge < -0.3 is 14.2 Å². The minimum absolute atomic E-state index is 0.101. The standard InChI is InChI=1S/C26H21BrO4/c1-29-23-13-5-18(6-14-23)4-7-20-16-25(30-2)26(31-3)17-21(20)10-15-24(28)19-8-11-22(27)12-9-19/h5-6,8-17H,1-3H3/b15-10+. The molecule has 0 bridgehead atoms. The maximum absolute atomic E-state index is 12.6. The number of allylic oxidation sites excluding steroid dienone is 1. The van der Waals surface area contributed by atoms with Gasteiger partial charge in [0.25, 0.3) is 0 Å². The lowest BCUT2D eigenvalue weighted by Crippen LogP contribution is -1.96. The average molecular weight is 477 g/mol. The van der Waals surface area contributed by atoms with Gasteiger partial charge in [-0.1, -0.05) is 27.8 Å². The van der Waals surface area contributed by atoms with Crippen LogP contribution in [0.3, 0.4) is 0 Å². The van der Waals surface area contributed by atoms with Gasteiger partial charge in [0.15, 0.2) is 17.3 Å². The predicted molar refractivity (Wildman–Crippen MR) is 126 cm³/mol. The summed E-state index contributed by atoms with van der Waals surface area (Å²) in [5.41, 5.74) is 2.92. The van der Waals surface area contributed by atoms with E-state index >= 15 is 0 Å². The Bertz CT molecular complexity index is 1150. The number of ketones is 1. The van der Waals surface area contributed by atoms with E-state index in [4.69, 9.17) is 14.2 Å². The monoisotopic (exact) mass is 476 g/mol. The first-order chi connectivity index (χ1) is 15.0. The molecule has 0 aliphatic heterocycles. The Hall–Kier alpha value is -3.49. The molecule has 0 atom stereocenters. The molecule has 0 unspecified atom stereocenters. The number of carbonyl (C=O) groups excluding carboxylic acids is 1. The summed E-state index contributed by atoms with van der Waals surface area (Å²) >= 11 is 3.38. The van der Waals surface area contributed by atoms with E-state index in [1.54, 1.807) is 45.6 Å². The molecule has 156 valence electrons. The van der Waals surface area contributed by atoms with Crippen LogP contribution in [0.15, 0.2) is 71.2 Å². The van der Waals surface area contributed by atoms with Gasteiger partial charge in [-0.3, -0.25) is 4.79 Å². The number of hydrogen-bond donors (Lipinski definition) is 0. The third-order valence-electron chi connectivity index (χ3n) is 4.53. The molecule has 4 nitrogen and oxygen atoms in total. The van der Waals surface area contributed by atoms with E-state index in [0.29, 0.717) is 22.6 Å². The number of benzene rings is 3. The van der Waals surface area contributed by atoms with Crippen molar-refractivity contribution in [2.24, 2.45) is 0 Å². The predicted octanol–water partition coefficient (Wildman–Crippen LogP) is 5.77. The van der Waals surface area contributed by atoms with Crippen molar-refractivity contribution >= 4 is 27.8 Å². The van der Waals surface area contributed by atoms with Crippen LogP contribution >= 0.6 is 15.9 Å². The number of ether oxygens (including phenoxy) is 3. The minimum atomic E-state index is -0.101. The van der Waals surface area contributed by atoms with Crippen LogP contribution in [0.5, 0.6) is 17.2 Å². The Morgan fingerprint density at radius 2 is 1.48 bits per heavy atom. The highest BCUT2D eigenvalue weighted by atomic mass is 79.9. The molecule has 0 spiro atoms. The minimum Gasteiger partial charge on any atom is -0.497 e. The van der Waals surface area contributed by atoms with E-state index in [1.165, 1.54) is 6.08 Å². The number of rotatable bonds is 6. The molecule has 5 heteroatoms. The van der Waals surface area contributed by atoms with Crippen molar-refractivity contribution in [2.45, 2.75) is 0 Å². The molecule has 0 aliphatic carbocycles. The van der Waals surface area contributed by atoms with E-state index in [-0.39, 0.29) is 5.78 Å². The lowest BCUT2D eigenvalue weighted by atomic mass is 10.0. The zero-order valence-electron chi connectivity index (χ0n) is 17.4. The lowest BCUT2D eigenvalue weighted by molar-refractivity contribution is 0.104. The molecule has 0 aromatic heterocycles. The number of halogens is 1. The summed E-state index contributed by atoms with van der Waals surface area (Å²) in [5.74, 6) is 8.11. The maximum Gasteiger partial charge on any atom is 0.185 e. The Kier molecular flexibility index (Phi) is 7.53. The summed E-state index contributed by atoms with van der Waals surface area (Å²) in [6.45, 7) is 0. The number of carbonyl (C=O) groups is 1. The van der Waals surface area contributed by atoms with Gasteiger partial charge in [-0.2, -0.15) is 0 Å². The lowest BCUT2D eigenvalue weighted by Gasteiger charge is -2.10. The smallest absolute Gasteiger partial charge is 0.185 e. The fourth-order valence-electron chi connectivity index (χ4n) is 2.83. The summed E-state index contributed by atoms with van der Waals surface area (Å²) in [6.07, 6.45) is 3.27. The van der Waals surface area contributed by atoms with Crippen molar-refractivity contribution in [2.75, 3.05) is 21.3 Å². The van der Waals surface area contributed by atoms with Crippen LogP contribution in [0, 0.1) is 11.8 Å². The molecule has 3 aromatic rings. The van der Waals surface area contributed by atoms with Crippen LogP contribution < -0.4 is 14.2 Å². The Balaban J connectivity index is 1.96. The van der Waals surface area contributed by atoms with E-state index in [2.05, 4.69) is 27.8 Å². The number of methoxy groups -OCH3 is 3. The van der Waals surface area contributed by atoms with Crippen LogP contribution in [-0.2, 0) is 0 Å². The van der Waals surface area contributed by atoms with Gasteiger partial charge in [-0.15, -0.1) is 0 Å². The second kappa shape index (κ2) is 10.5. The van der Waals surface area contributed by atoms with Gasteiger partial charge in [0.2, 0.25) is 0 Å². The molecule has 0 saturated heterocycles.